The van der Waals surface area contributed by atoms with Gasteiger partial charge >= 0.3 is 5.97 Å². The maximum atomic E-state index is 10.7. The van der Waals surface area contributed by atoms with Gasteiger partial charge < -0.3 is 9.84 Å². The van der Waals surface area contributed by atoms with Gasteiger partial charge in [-0.25, -0.2) is 0 Å². The highest BCUT2D eigenvalue weighted by molar-refractivity contribution is 6.31. The molecular formula is C16H21ClO3. The molecule has 0 amide bonds. The van der Waals surface area contributed by atoms with Crippen molar-refractivity contribution in [2.45, 2.75) is 40.0 Å². The zero-order valence-corrected chi connectivity index (χ0v) is 13.0. The van der Waals surface area contributed by atoms with Crippen LogP contribution in [0.5, 0.6) is 5.75 Å². The maximum Gasteiger partial charge on any atom is 0.307 e. The fraction of sp³-hybridized carbons (Fsp3) is 0.438. The van der Waals surface area contributed by atoms with Crippen LogP contribution in [0.2, 0.25) is 5.02 Å². The molecule has 3 nitrogen and oxygen atoms in total. The lowest BCUT2D eigenvalue weighted by Crippen LogP contribution is -2.00. The number of halogens is 1. The molecule has 1 aromatic carbocycles. The van der Waals surface area contributed by atoms with E-state index in [1.165, 1.54) is 0 Å². The first kappa shape index (κ1) is 16.6. The van der Waals surface area contributed by atoms with Gasteiger partial charge in [0, 0.05) is 10.6 Å². The fourth-order valence-electron chi connectivity index (χ4n) is 1.89. The second-order valence-corrected chi connectivity index (χ2v) is 5.03. The first-order chi connectivity index (χ1) is 9.49. The van der Waals surface area contributed by atoms with Crippen LogP contribution < -0.4 is 4.74 Å². The highest BCUT2D eigenvalue weighted by Crippen LogP contribution is 2.33. The summed E-state index contributed by atoms with van der Waals surface area (Å²) < 4.78 is 5.76. The molecule has 1 aromatic rings. The smallest absolute Gasteiger partial charge is 0.307 e. The molecule has 1 N–H and O–H groups in total. The van der Waals surface area contributed by atoms with Crippen molar-refractivity contribution in [1.82, 2.24) is 0 Å². The number of allylic oxidation sites excluding steroid dienone is 1. The second-order valence-electron chi connectivity index (χ2n) is 4.63. The van der Waals surface area contributed by atoms with Crippen molar-refractivity contribution in [3.8, 4) is 5.75 Å². The summed E-state index contributed by atoms with van der Waals surface area (Å²) in [5.41, 5.74) is 2.79. The van der Waals surface area contributed by atoms with E-state index in [1.807, 2.05) is 32.9 Å². The summed E-state index contributed by atoms with van der Waals surface area (Å²) in [6.07, 6.45) is 3.38. The Hall–Kier alpha value is -1.48. The molecule has 4 heteroatoms. The van der Waals surface area contributed by atoms with Crippen LogP contribution in [0.25, 0.3) is 5.57 Å². The van der Waals surface area contributed by atoms with Crippen LogP contribution in [0.15, 0.2) is 18.2 Å². The van der Waals surface area contributed by atoms with Gasteiger partial charge in [0.25, 0.3) is 0 Å². The third-order valence-electron chi connectivity index (χ3n) is 2.97. The number of benzene rings is 1. The monoisotopic (exact) mass is 296 g/mol. The largest absolute Gasteiger partial charge is 0.493 e. The Balaban J connectivity index is 3.20. The third-order valence-corrected chi connectivity index (χ3v) is 3.38. The summed E-state index contributed by atoms with van der Waals surface area (Å²) in [6.45, 7) is 6.59. The van der Waals surface area contributed by atoms with Crippen molar-refractivity contribution in [3.63, 3.8) is 0 Å². The number of ether oxygens (including phenoxy) is 1. The van der Waals surface area contributed by atoms with E-state index < -0.39 is 5.97 Å². The molecule has 0 radical (unpaired) electrons. The van der Waals surface area contributed by atoms with Crippen molar-refractivity contribution in [3.05, 3.63) is 34.4 Å². The standard InChI is InChI=1S/C16H21ClO3/c1-4-8-20-15-9-11(3)14(17)10-13(15)12(5-2)6-7-16(18)19/h6,9-10H,4-5,7-8H2,1-3H3,(H,18,19)/b12-6+. The first-order valence-corrected chi connectivity index (χ1v) is 7.21. The van der Waals surface area contributed by atoms with Crippen LogP contribution in [0.1, 0.15) is 44.2 Å². The summed E-state index contributed by atoms with van der Waals surface area (Å²) in [5, 5.41) is 9.48. The van der Waals surface area contributed by atoms with Crippen LogP contribution >= 0.6 is 11.6 Å². The maximum absolute atomic E-state index is 10.7. The van der Waals surface area contributed by atoms with Crippen LogP contribution in [0.3, 0.4) is 0 Å². The summed E-state index contributed by atoms with van der Waals surface area (Å²) in [5.74, 6) is -0.0718. The Morgan fingerprint density at radius 2 is 2.10 bits per heavy atom. The number of hydrogen-bond donors (Lipinski definition) is 1. The zero-order chi connectivity index (χ0) is 15.1. The van der Waals surface area contributed by atoms with Crippen molar-refractivity contribution in [2.24, 2.45) is 0 Å². The van der Waals surface area contributed by atoms with Crippen molar-refractivity contribution in [2.75, 3.05) is 6.61 Å². The molecule has 110 valence electrons. The Bertz CT molecular complexity index is 507. The first-order valence-electron chi connectivity index (χ1n) is 6.83. The Morgan fingerprint density at radius 1 is 1.40 bits per heavy atom. The van der Waals surface area contributed by atoms with E-state index in [-0.39, 0.29) is 6.42 Å². The van der Waals surface area contributed by atoms with E-state index >= 15 is 0 Å². The van der Waals surface area contributed by atoms with Gasteiger partial charge in [0.2, 0.25) is 0 Å². The van der Waals surface area contributed by atoms with E-state index in [9.17, 15) is 4.79 Å². The van der Waals surface area contributed by atoms with E-state index in [4.69, 9.17) is 21.4 Å². The SMILES string of the molecule is CCCOc1cc(C)c(Cl)cc1/C(=C/CC(=O)O)CC. The number of carbonyl (C=O) groups is 1. The third kappa shape index (κ3) is 4.57. The van der Waals surface area contributed by atoms with Gasteiger partial charge in [-0.3, -0.25) is 4.79 Å². The Morgan fingerprint density at radius 3 is 2.65 bits per heavy atom. The summed E-state index contributed by atoms with van der Waals surface area (Å²) in [4.78, 5) is 10.7. The molecule has 0 heterocycles. The van der Waals surface area contributed by atoms with Gasteiger partial charge in [-0.1, -0.05) is 31.5 Å². The number of rotatable bonds is 7. The van der Waals surface area contributed by atoms with Crippen molar-refractivity contribution in [1.29, 1.82) is 0 Å². The fourth-order valence-corrected chi connectivity index (χ4v) is 2.06. The van der Waals surface area contributed by atoms with Crippen molar-refractivity contribution >= 4 is 23.1 Å². The number of carboxylic acids is 1. The van der Waals surface area contributed by atoms with E-state index in [0.29, 0.717) is 11.6 Å². The number of aliphatic carboxylic acids is 1. The lowest BCUT2D eigenvalue weighted by Gasteiger charge is -2.15. The molecule has 0 atom stereocenters. The minimum Gasteiger partial charge on any atom is -0.493 e. The predicted octanol–water partition coefficient (Wildman–Crippen LogP) is 4.71. The molecule has 0 saturated carbocycles. The van der Waals surface area contributed by atoms with Gasteiger partial charge in [-0.15, -0.1) is 0 Å². The molecule has 0 spiro atoms. The summed E-state index contributed by atoms with van der Waals surface area (Å²) >= 11 is 6.18. The molecule has 0 aliphatic heterocycles. The number of hydrogen-bond acceptors (Lipinski definition) is 2. The van der Waals surface area contributed by atoms with Gasteiger partial charge in [0.15, 0.2) is 0 Å². The molecule has 0 fully saturated rings. The molecule has 0 aliphatic rings. The van der Waals surface area contributed by atoms with Gasteiger partial charge in [0.1, 0.15) is 5.75 Å². The second kappa shape index (κ2) is 7.95. The van der Waals surface area contributed by atoms with Crippen LogP contribution in [-0.2, 0) is 4.79 Å². The lowest BCUT2D eigenvalue weighted by atomic mass is 9.99. The highest BCUT2D eigenvalue weighted by atomic mass is 35.5. The Labute approximate surface area is 125 Å². The average molecular weight is 297 g/mol. The van der Waals surface area contributed by atoms with E-state index in [2.05, 4.69) is 0 Å². The molecular weight excluding hydrogens is 276 g/mol. The van der Waals surface area contributed by atoms with Gasteiger partial charge in [-0.2, -0.15) is 0 Å². The number of carboxylic acid groups (broad SMARTS) is 1. The van der Waals surface area contributed by atoms with E-state index in [0.717, 1.165) is 35.3 Å². The minimum atomic E-state index is -0.842. The predicted molar refractivity (Wildman–Crippen MR) is 82.5 cm³/mol. The Kier molecular flexibility index (Phi) is 6.59. The number of aryl methyl sites for hydroxylation is 1. The van der Waals surface area contributed by atoms with Crippen LogP contribution in [0.4, 0.5) is 0 Å². The highest BCUT2D eigenvalue weighted by Gasteiger charge is 2.11. The van der Waals surface area contributed by atoms with Gasteiger partial charge in [0.05, 0.1) is 13.0 Å². The quantitative estimate of drug-likeness (QED) is 0.793. The van der Waals surface area contributed by atoms with E-state index in [1.54, 1.807) is 6.08 Å². The molecule has 0 aliphatic carbocycles. The van der Waals surface area contributed by atoms with Crippen LogP contribution in [-0.4, -0.2) is 17.7 Å². The molecule has 20 heavy (non-hydrogen) atoms. The molecule has 0 bridgehead atoms. The normalized spacial score (nSPS) is 11.5. The topological polar surface area (TPSA) is 46.5 Å². The summed E-state index contributed by atoms with van der Waals surface area (Å²) in [6, 6.07) is 3.77. The average Bonchev–Trinajstić information content (AvgIpc) is 2.41. The summed E-state index contributed by atoms with van der Waals surface area (Å²) in [7, 11) is 0. The van der Waals surface area contributed by atoms with Crippen molar-refractivity contribution < 1.29 is 14.6 Å². The van der Waals surface area contributed by atoms with Gasteiger partial charge in [-0.05, 0) is 43.0 Å². The molecule has 0 saturated heterocycles. The zero-order valence-electron chi connectivity index (χ0n) is 12.2. The molecule has 1 rings (SSSR count). The molecule has 0 unspecified atom stereocenters. The minimum absolute atomic E-state index is 0.00187. The lowest BCUT2D eigenvalue weighted by molar-refractivity contribution is -0.135. The molecule has 0 aromatic heterocycles. The van der Waals surface area contributed by atoms with Crippen LogP contribution in [0, 0.1) is 6.92 Å².